The first-order valence-corrected chi connectivity index (χ1v) is 28.6. The van der Waals surface area contributed by atoms with Gasteiger partial charge in [0, 0.05) is 93.8 Å². The molecule has 0 fully saturated rings. The quantitative estimate of drug-likeness (QED) is 0.152. The van der Waals surface area contributed by atoms with E-state index in [0.29, 0.717) is 23.0 Å². The number of para-hydroxylation sites is 5. The van der Waals surface area contributed by atoms with Crippen LogP contribution in [0.25, 0.3) is 150 Å². The first kappa shape index (κ1) is 47.4. The topological polar surface area (TPSA) is 82.2 Å². The van der Waals surface area contributed by atoms with Crippen LogP contribution in [-0.4, -0.2) is 33.2 Å². The second kappa shape index (κ2) is 18.8. The molecule has 8 nitrogen and oxygen atoms in total. The molecule has 84 heavy (non-hydrogen) atoms. The number of rotatable bonds is 8. The normalized spacial score (nSPS) is 12.4. The lowest BCUT2D eigenvalue weighted by Gasteiger charge is -2.18. The fourth-order valence-corrected chi connectivity index (χ4v) is 13.5. The van der Waals surface area contributed by atoms with E-state index in [2.05, 4.69) is 225 Å². The smallest absolute Gasteiger partial charge is 0.164 e. The Kier molecular flexibility index (Phi) is 10.6. The summed E-state index contributed by atoms with van der Waals surface area (Å²) in [6.45, 7) is 0. The Balaban J connectivity index is 0.965. The maximum Gasteiger partial charge on any atom is 0.164 e. The van der Waals surface area contributed by atoms with Gasteiger partial charge in [0.05, 0.1) is 55.9 Å². The molecule has 0 unspecified atom stereocenters. The molecule has 0 aliphatic heterocycles. The highest BCUT2D eigenvalue weighted by Gasteiger charge is 2.27. The average Bonchev–Trinajstić information content (AvgIpc) is 1.74. The van der Waals surface area contributed by atoms with E-state index in [1.54, 1.807) is 0 Å². The van der Waals surface area contributed by atoms with E-state index in [4.69, 9.17) is 15.0 Å². The van der Waals surface area contributed by atoms with Crippen LogP contribution < -0.4 is 0 Å². The van der Waals surface area contributed by atoms with Crippen LogP contribution in [0.15, 0.2) is 261 Å². The van der Waals surface area contributed by atoms with E-state index < -0.39 is 0 Å². The number of benzene rings is 11. The fourth-order valence-electron chi connectivity index (χ4n) is 13.5. The van der Waals surface area contributed by atoms with Crippen molar-refractivity contribution >= 4 is 82.4 Å². The molecule has 11 aromatic carbocycles. The van der Waals surface area contributed by atoms with Gasteiger partial charge in [0.15, 0.2) is 17.5 Å². The number of allylic oxidation sites excluding steroid dienone is 1. The molecule has 16 aromatic rings. The maximum absolute atomic E-state index is 11.5. The van der Waals surface area contributed by atoms with Crippen LogP contribution >= 0.6 is 0 Å². The van der Waals surface area contributed by atoms with Crippen molar-refractivity contribution in [3.63, 3.8) is 0 Å². The highest BCUT2D eigenvalue weighted by Crippen LogP contribution is 2.47. The summed E-state index contributed by atoms with van der Waals surface area (Å²) in [6.07, 6.45) is 6.57. The van der Waals surface area contributed by atoms with Crippen LogP contribution in [0.5, 0.6) is 0 Å². The number of nitriles is 1. The molecule has 8 heteroatoms. The van der Waals surface area contributed by atoms with E-state index in [-0.39, 0.29) is 0 Å². The summed E-state index contributed by atoms with van der Waals surface area (Å²) in [7, 11) is 0. The van der Waals surface area contributed by atoms with Crippen molar-refractivity contribution in [3.05, 3.63) is 278 Å². The molecule has 0 amide bonds. The minimum atomic E-state index is 0.520. The molecular weight excluding hydrogens is 1020 g/mol. The predicted octanol–water partition coefficient (Wildman–Crippen LogP) is 18.6. The summed E-state index contributed by atoms with van der Waals surface area (Å²) in [4.78, 5) is 15.6. The third-order valence-electron chi connectivity index (χ3n) is 17.1. The van der Waals surface area contributed by atoms with Gasteiger partial charge in [-0.3, -0.25) is 0 Å². The van der Waals surface area contributed by atoms with E-state index in [1.807, 2.05) is 66.7 Å². The van der Waals surface area contributed by atoms with Crippen molar-refractivity contribution in [2.45, 2.75) is 12.8 Å². The second-order valence-electron chi connectivity index (χ2n) is 21.7. The summed E-state index contributed by atoms with van der Waals surface area (Å²) in [6, 6.07) is 92.5. The molecule has 1 aliphatic rings. The van der Waals surface area contributed by atoms with Crippen LogP contribution in [0.1, 0.15) is 23.2 Å². The third-order valence-corrected chi connectivity index (χ3v) is 17.1. The van der Waals surface area contributed by atoms with E-state index >= 15 is 0 Å². The summed E-state index contributed by atoms with van der Waals surface area (Å²) >= 11 is 0. The molecule has 17 rings (SSSR count). The Labute approximate surface area is 483 Å². The zero-order valence-corrected chi connectivity index (χ0v) is 45.4. The third kappa shape index (κ3) is 7.16. The minimum absolute atomic E-state index is 0.520. The standard InChI is InChI=1S/C76H48N8/c77-47-51-37-39-54(81-65-35-19-15-31-59(65)70-68(81)43-40-57-55-29-13-17-33-63(55)82(72(57)70)52-25-9-3-10-26-52)46-61(51)62-45-50(76-79-74(48-21-5-1-6-22-48)78-75(80-76)49-23-7-2-8-24-49)38-42-67(62)84-66-36-20-16-32-60(66)71-69(84)44-41-58-56-30-14-18-34-64(56)83(73(58)71)53-27-11-4-12-28-53/h1-16,18-32,34-46H,17,33H2. The largest absolute Gasteiger partial charge is 0.312 e. The lowest BCUT2D eigenvalue weighted by Crippen LogP contribution is -2.03. The molecular formula is C76H48N8. The van der Waals surface area contributed by atoms with Gasteiger partial charge in [0.1, 0.15) is 0 Å². The summed E-state index contributed by atoms with van der Waals surface area (Å²) in [5, 5.41) is 19.7. The summed E-state index contributed by atoms with van der Waals surface area (Å²) in [5.41, 5.74) is 19.1. The molecule has 392 valence electrons. The van der Waals surface area contributed by atoms with Crippen LogP contribution in [0.3, 0.4) is 0 Å². The van der Waals surface area contributed by atoms with Crippen LogP contribution in [-0.2, 0) is 6.42 Å². The summed E-state index contributed by atoms with van der Waals surface area (Å²) < 4.78 is 9.71. The highest BCUT2D eigenvalue weighted by molar-refractivity contribution is 6.27. The number of aromatic nitrogens is 7. The number of nitrogens with zero attached hydrogens (tertiary/aromatic N) is 8. The van der Waals surface area contributed by atoms with Gasteiger partial charge < -0.3 is 18.3 Å². The van der Waals surface area contributed by atoms with Gasteiger partial charge in [-0.15, -0.1) is 0 Å². The Bertz CT molecular complexity index is 5370. The van der Waals surface area contributed by atoms with Crippen molar-refractivity contribution < 1.29 is 0 Å². The zero-order chi connectivity index (χ0) is 55.4. The first-order chi connectivity index (χ1) is 41.7. The molecule has 0 saturated heterocycles. The molecule has 0 N–H and O–H groups in total. The van der Waals surface area contributed by atoms with Crippen LogP contribution in [0.2, 0.25) is 0 Å². The van der Waals surface area contributed by atoms with Crippen molar-refractivity contribution in [2.24, 2.45) is 0 Å². The molecule has 0 spiro atoms. The van der Waals surface area contributed by atoms with E-state index in [0.717, 1.165) is 113 Å². The van der Waals surface area contributed by atoms with Crippen molar-refractivity contribution in [3.8, 4) is 74.1 Å². The van der Waals surface area contributed by atoms with Gasteiger partial charge in [-0.05, 0) is 104 Å². The number of hydrogen-bond donors (Lipinski definition) is 0. The van der Waals surface area contributed by atoms with Gasteiger partial charge in [0.25, 0.3) is 0 Å². The fraction of sp³-hybridized carbons (Fsp3) is 0.0263. The molecule has 5 heterocycles. The lowest BCUT2D eigenvalue weighted by atomic mass is 9.95. The van der Waals surface area contributed by atoms with Gasteiger partial charge in [-0.25, -0.2) is 15.0 Å². The van der Waals surface area contributed by atoms with Gasteiger partial charge in [-0.2, -0.15) is 5.26 Å². The van der Waals surface area contributed by atoms with Crippen LogP contribution in [0.4, 0.5) is 0 Å². The van der Waals surface area contributed by atoms with Gasteiger partial charge in [0.2, 0.25) is 0 Å². The Morgan fingerprint density at radius 3 is 1.50 bits per heavy atom. The van der Waals surface area contributed by atoms with Gasteiger partial charge >= 0.3 is 0 Å². The molecule has 0 saturated carbocycles. The maximum atomic E-state index is 11.5. The monoisotopic (exact) mass is 1070 g/mol. The average molecular weight is 1070 g/mol. The Morgan fingerprint density at radius 1 is 0.357 bits per heavy atom. The van der Waals surface area contributed by atoms with Gasteiger partial charge in [-0.1, -0.05) is 176 Å². The molecule has 0 radical (unpaired) electrons. The molecule has 1 aliphatic carbocycles. The second-order valence-corrected chi connectivity index (χ2v) is 21.7. The molecule has 5 aromatic heterocycles. The molecule has 0 bridgehead atoms. The molecule has 0 atom stereocenters. The minimum Gasteiger partial charge on any atom is -0.312 e. The van der Waals surface area contributed by atoms with Crippen molar-refractivity contribution in [2.75, 3.05) is 0 Å². The first-order valence-electron chi connectivity index (χ1n) is 28.6. The van der Waals surface area contributed by atoms with E-state index in [9.17, 15) is 5.26 Å². The van der Waals surface area contributed by atoms with Crippen LogP contribution in [0, 0.1) is 11.3 Å². The SMILES string of the molecule is N#Cc1ccc(-n2c3ccccc3c3c4c(ccc32)c2c(n4-c3ccccc3)CCC=C2)cc1-c1cc(-c2nc(-c3ccccc3)nc(-c3ccccc3)n2)ccc1-n1c2ccccc2c2c1ccc1c3ccccc3n(-c3ccccc3)c12. The lowest BCUT2D eigenvalue weighted by molar-refractivity contribution is 0.890. The van der Waals surface area contributed by atoms with Crippen molar-refractivity contribution in [1.82, 2.24) is 33.2 Å². The van der Waals surface area contributed by atoms with E-state index in [1.165, 1.54) is 38.3 Å². The Hall–Kier alpha value is -11.4. The Morgan fingerprint density at radius 2 is 0.869 bits per heavy atom. The van der Waals surface area contributed by atoms with Crippen molar-refractivity contribution in [1.29, 1.82) is 5.26 Å². The highest BCUT2D eigenvalue weighted by atomic mass is 15.1. The zero-order valence-electron chi connectivity index (χ0n) is 45.4. The number of fused-ring (bicyclic) bond motifs is 14. The number of hydrogen-bond acceptors (Lipinski definition) is 4. The predicted molar refractivity (Wildman–Crippen MR) is 343 cm³/mol. The summed E-state index contributed by atoms with van der Waals surface area (Å²) in [5.74, 6) is 1.66.